The smallest absolute Gasteiger partial charge is 0.244 e. The molecule has 0 bridgehead atoms. The average Bonchev–Trinajstić information content (AvgIpc) is 2.84. The number of benzene rings is 4. The van der Waals surface area contributed by atoms with Crippen LogP contribution in [0.3, 0.4) is 0 Å². The van der Waals surface area contributed by atoms with Crippen LogP contribution in [0.2, 0.25) is 5.02 Å². The van der Waals surface area contributed by atoms with Gasteiger partial charge in [-0.2, -0.15) is 5.10 Å². The minimum Gasteiger partial charge on any atom is -0.493 e. The Morgan fingerprint density at radius 3 is 2.62 bits per heavy atom. The summed E-state index contributed by atoms with van der Waals surface area (Å²) >= 11 is 8.14. The summed E-state index contributed by atoms with van der Waals surface area (Å²) in [6.07, 6.45) is 1.84. The van der Waals surface area contributed by atoms with Crippen LogP contribution < -0.4 is 14.9 Å². The molecule has 1 N–H and O–H groups in total. The first-order valence-corrected chi connectivity index (χ1v) is 12.0. The lowest BCUT2D eigenvalue weighted by atomic mass is 10.0. The van der Waals surface area contributed by atoms with Crippen molar-refractivity contribution in [2.24, 2.45) is 5.10 Å². The zero-order valence-corrected chi connectivity index (χ0v) is 21.3. The van der Waals surface area contributed by atoms with Gasteiger partial charge in [0, 0.05) is 5.02 Å². The second kappa shape index (κ2) is 11.4. The Morgan fingerprint density at radius 2 is 1.82 bits per heavy atom. The predicted octanol–water partition coefficient (Wildman–Crippen LogP) is 6.38. The molecule has 0 heterocycles. The third-order valence-corrected chi connectivity index (χ3v) is 6.24. The van der Waals surface area contributed by atoms with E-state index in [2.05, 4.69) is 33.1 Å². The number of ether oxygens (including phenoxy) is 2. The highest BCUT2D eigenvalue weighted by Crippen LogP contribution is 2.34. The van der Waals surface area contributed by atoms with Crippen LogP contribution in [-0.4, -0.2) is 19.2 Å². The van der Waals surface area contributed by atoms with E-state index in [0.29, 0.717) is 23.1 Å². The van der Waals surface area contributed by atoms with E-state index in [4.69, 9.17) is 21.1 Å². The number of nitrogens with one attached hydrogen (secondary N) is 1. The fourth-order valence-corrected chi connectivity index (χ4v) is 4.44. The molecule has 4 aromatic rings. The van der Waals surface area contributed by atoms with Gasteiger partial charge in [-0.1, -0.05) is 66.2 Å². The van der Waals surface area contributed by atoms with Gasteiger partial charge in [-0.25, -0.2) is 5.43 Å². The highest BCUT2D eigenvalue weighted by molar-refractivity contribution is 14.1. The summed E-state index contributed by atoms with van der Waals surface area (Å²) in [5.74, 6) is 1.05. The molecule has 0 saturated carbocycles. The van der Waals surface area contributed by atoms with E-state index < -0.39 is 0 Å². The standard InChI is InChI=1S/C27H22ClIN2O3/c1-33-25-14-19(13-24(29)27(25)34-17-18-9-11-22(28)12-10-18)16-30-31-26(32)15-21-7-4-6-20-5-2-3-8-23(20)21/h2-14,16H,15,17H2,1H3,(H,31,32). The second-order valence-electron chi connectivity index (χ2n) is 7.56. The van der Waals surface area contributed by atoms with Crippen molar-refractivity contribution in [1.82, 2.24) is 5.43 Å². The molecule has 5 nitrogen and oxygen atoms in total. The van der Waals surface area contributed by atoms with Gasteiger partial charge < -0.3 is 9.47 Å². The van der Waals surface area contributed by atoms with E-state index >= 15 is 0 Å². The molecule has 172 valence electrons. The molecule has 0 saturated heterocycles. The first-order chi connectivity index (χ1) is 16.5. The number of amides is 1. The Bertz CT molecular complexity index is 1330. The molecule has 0 atom stereocenters. The number of carbonyl (C=O) groups is 1. The number of hydrazone groups is 1. The second-order valence-corrected chi connectivity index (χ2v) is 9.16. The molecule has 0 aliphatic rings. The summed E-state index contributed by atoms with van der Waals surface area (Å²) in [5.41, 5.74) is 5.36. The van der Waals surface area contributed by atoms with Crippen LogP contribution in [0.15, 0.2) is 84.0 Å². The number of carbonyl (C=O) groups excluding carboxylic acids is 1. The zero-order valence-electron chi connectivity index (χ0n) is 18.4. The Morgan fingerprint density at radius 1 is 1.06 bits per heavy atom. The molecule has 4 aromatic carbocycles. The summed E-state index contributed by atoms with van der Waals surface area (Å²) in [5, 5.41) is 6.99. The maximum absolute atomic E-state index is 12.5. The fourth-order valence-electron chi connectivity index (χ4n) is 3.53. The lowest BCUT2D eigenvalue weighted by Gasteiger charge is -2.13. The number of hydrogen-bond donors (Lipinski definition) is 1. The molecule has 0 aromatic heterocycles. The van der Waals surface area contributed by atoms with Crippen molar-refractivity contribution in [3.05, 3.63) is 104 Å². The van der Waals surface area contributed by atoms with Crippen molar-refractivity contribution in [1.29, 1.82) is 0 Å². The predicted molar refractivity (Wildman–Crippen MR) is 145 cm³/mol. The Balaban J connectivity index is 1.40. The molecule has 0 aliphatic carbocycles. The van der Waals surface area contributed by atoms with Crippen molar-refractivity contribution >= 4 is 57.1 Å². The van der Waals surface area contributed by atoms with Crippen LogP contribution in [0.4, 0.5) is 0 Å². The maximum Gasteiger partial charge on any atom is 0.244 e. The number of fused-ring (bicyclic) bond motifs is 1. The number of halogens is 2. The van der Waals surface area contributed by atoms with E-state index in [1.165, 1.54) is 0 Å². The van der Waals surface area contributed by atoms with Gasteiger partial charge in [-0.3, -0.25) is 4.79 Å². The average molecular weight is 585 g/mol. The van der Waals surface area contributed by atoms with Crippen molar-refractivity contribution in [2.45, 2.75) is 13.0 Å². The molecule has 0 unspecified atom stereocenters. The van der Waals surface area contributed by atoms with E-state index in [1.807, 2.05) is 78.9 Å². The zero-order chi connectivity index (χ0) is 23.9. The number of methoxy groups -OCH3 is 1. The van der Waals surface area contributed by atoms with Gasteiger partial charge >= 0.3 is 0 Å². The molecule has 0 radical (unpaired) electrons. The van der Waals surface area contributed by atoms with E-state index in [0.717, 1.165) is 31.0 Å². The quantitative estimate of drug-likeness (QED) is 0.149. The summed E-state index contributed by atoms with van der Waals surface area (Å²) < 4.78 is 12.4. The molecular formula is C27H22ClIN2O3. The fraction of sp³-hybridized carbons (Fsp3) is 0.111. The van der Waals surface area contributed by atoms with Gasteiger partial charge in [0.15, 0.2) is 11.5 Å². The Hall–Kier alpha value is -3.10. The molecule has 0 spiro atoms. The molecular weight excluding hydrogens is 563 g/mol. The minimum atomic E-state index is -0.183. The van der Waals surface area contributed by atoms with Gasteiger partial charge in [0.2, 0.25) is 5.91 Å². The molecule has 1 amide bonds. The van der Waals surface area contributed by atoms with Crippen LogP contribution in [0.1, 0.15) is 16.7 Å². The van der Waals surface area contributed by atoms with Gasteiger partial charge in [0.1, 0.15) is 6.61 Å². The Labute approximate surface area is 216 Å². The highest BCUT2D eigenvalue weighted by atomic mass is 127. The van der Waals surface area contributed by atoms with Crippen LogP contribution in [-0.2, 0) is 17.8 Å². The van der Waals surface area contributed by atoms with Crippen LogP contribution in [0.5, 0.6) is 11.5 Å². The van der Waals surface area contributed by atoms with E-state index in [-0.39, 0.29) is 12.3 Å². The maximum atomic E-state index is 12.5. The largest absolute Gasteiger partial charge is 0.493 e. The normalized spacial score (nSPS) is 11.0. The summed E-state index contributed by atoms with van der Waals surface area (Å²) in [4.78, 5) is 12.5. The third kappa shape index (κ3) is 6.07. The number of hydrogen-bond acceptors (Lipinski definition) is 4. The molecule has 0 fully saturated rings. The van der Waals surface area contributed by atoms with Crippen LogP contribution in [0, 0.1) is 3.57 Å². The monoisotopic (exact) mass is 584 g/mol. The molecule has 34 heavy (non-hydrogen) atoms. The summed E-state index contributed by atoms with van der Waals surface area (Å²) in [7, 11) is 1.59. The Kier molecular flexibility index (Phi) is 8.03. The number of rotatable bonds is 8. The SMILES string of the molecule is COc1cc(C=NNC(=O)Cc2cccc3ccccc23)cc(I)c1OCc1ccc(Cl)cc1. The van der Waals surface area contributed by atoms with E-state index in [9.17, 15) is 4.79 Å². The van der Waals surface area contributed by atoms with Crippen molar-refractivity contribution in [2.75, 3.05) is 7.11 Å². The first-order valence-electron chi connectivity index (χ1n) is 10.6. The summed E-state index contributed by atoms with van der Waals surface area (Å²) in [6, 6.07) is 25.2. The summed E-state index contributed by atoms with van der Waals surface area (Å²) in [6.45, 7) is 0.390. The molecule has 0 aliphatic heterocycles. The molecule has 7 heteroatoms. The van der Waals surface area contributed by atoms with Crippen LogP contribution >= 0.6 is 34.2 Å². The van der Waals surface area contributed by atoms with Crippen LogP contribution in [0.25, 0.3) is 10.8 Å². The highest BCUT2D eigenvalue weighted by Gasteiger charge is 2.12. The third-order valence-electron chi connectivity index (χ3n) is 5.18. The van der Waals surface area contributed by atoms with Crippen molar-refractivity contribution < 1.29 is 14.3 Å². The van der Waals surface area contributed by atoms with Crippen molar-refractivity contribution in [3.8, 4) is 11.5 Å². The minimum absolute atomic E-state index is 0.183. The van der Waals surface area contributed by atoms with Gasteiger partial charge in [0.05, 0.1) is 23.3 Å². The van der Waals surface area contributed by atoms with E-state index in [1.54, 1.807) is 13.3 Å². The molecule has 4 rings (SSSR count). The first kappa shape index (κ1) is 24.0. The number of nitrogens with zero attached hydrogens (tertiary/aromatic N) is 1. The van der Waals surface area contributed by atoms with Gasteiger partial charge in [0.25, 0.3) is 0 Å². The van der Waals surface area contributed by atoms with Crippen molar-refractivity contribution in [3.63, 3.8) is 0 Å². The lowest BCUT2D eigenvalue weighted by Crippen LogP contribution is -2.19. The topological polar surface area (TPSA) is 59.9 Å². The van der Waals surface area contributed by atoms with Gasteiger partial charge in [-0.15, -0.1) is 0 Å². The van der Waals surface area contributed by atoms with Gasteiger partial charge in [-0.05, 0) is 74.3 Å². The lowest BCUT2D eigenvalue weighted by molar-refractivity contribution is -0.120.